The van der Waals surface area contributed by atoms with Crippen molar-refractivity contribution in [2.24, 2.45) is 5.92 Å². The molecule has 1 saturated heterocycles. The van der Waals surface area contributed by atoms with Crippen LogP contribution in [-0.4, -0.2) is 45.2 Å². The minimum absolute atomic E-state index is 0.0766. The number of likely N-dealkylation sites (tertiary alicyclic amines) is 1. The number of pyridine rings is 1. The van der Waals surface area contributed by atoms with Crippen LogP contribution in [0.1, 0.15) is 63.6 Å². The third kappa shape index (κ3) is 4.00. The number of piperidine rings is 1. The number of aromatic nitrogens is 3. The number of hydrogen-bond donors (Lipinski definition) is 1. The van der Waals surface area contributed by atoms with E-state index in [2.05, 4.69) is 15.5 Å². The Morgan fingerprint density at radius 1 is 1.24 bits per heavy atom. The number of rotatable bonds is 5. The standard InChI is InChI=1S/C22H29N5O2/c28-21(24-18-6-1-2-7-18)27-12-4-10-22(15-27,13-16-8-9-16)20-25-19(29-26-20)17-5-3-11-23-14-17/h3,5,11,14,16,18H,1-2,4,6-10,12-13,15H2,(H,24,28). The van der Waals surface area contributed by atoms with E-state index in [0.29, 0.717) is 24.4 Å². The van der Waals surface area contributed by atoms with E-state index in [1.165, 1.54) is 25.7 Å². The minimum atomic E-state index is -0.212. The molecule has 29 heavy (non-hydrogen) atoms. The van der Waals surface area contributed by atoms with E-state index in [0.717, 1.165) is 50.0 Å². The van der Waals surface area contributed by atoms with Crippen LogP contribution in [0.3, 0.4) is 0 Å². The summed E-state index contributed by atoms with van der Waals surface area (Å²) in [6, 6.07) is 4.21. The van der Waals surface area contributed by atoms with E-state index in [4.69, 9.17) is 9.51 Å². The Kier molecular flexibility index (Phi) is 4.97. The average Bonchev–Trinajstić information content (AvgIpc) is 3.21. The molecule has 0 spiro atoms. The molecule has 1 unspecified atom stereocenters. The molecular weight excluding hydrogens is 366 g/mol. The van der Waals surface area contributed by atoms with E-state index < -0.39 is 0 Å². The fourth-order valence-electron chi connectivity index (χ4n) is 5.00. The number of nitrogens with one attached hydrogen (secondary N) is 1. The summed E-state index contributed by atoms with van der Waals surface area (Å²) in [5.74, 6) is 1.98. The van der Waals surface area contributed by atoms with Crippen LogP contribution in [0.4, 0.5) is 4.79 Å². The van der Waals surface area contributed by atoms with Crippen LogP contribution in [0.5, 0.6) is 0 Å². The summed E-state index contributed by atoms with van der Waals surface area (Å²) < 4.78 is 5.61. The van der Waals surface area contributed by atoms with Crippen molar-refractivity contribution in [2.45, 2.75) is 69.2 Å². The Balaban J connectivity index is 1.37. The molecule has 3 aliphatic rings. The highest BCUT2D eigenvalue weighted by Gasteiger charge is 2.46. The summed E-state index contributed by atoms with van der Waals surface area (Å²) in [5, 5.41) is 7.65. The van der Waals surface area contributed by atoms with Gasteiger partial charge in [-0.3, -0.25) is 4.98 Å². The number of amides is 2. The molecule has 2 amide bonds. The Morgan fingerprint density at radius 2 is 2.10 bits per heavy atom. The third-order valence-corrected chi connectivity index (χ3v) is 6.73. The van der Waals surface area contributed by atoms with Crippen LogP contribution in [-0.2, 0) is 5.41 Å². The second-order valence-electron chi connectivity index (χ2n) is 9.05. The Labute approximate surface area is 171 Å². The van der Waals surface area contributed by atoms with Crippen LogP contribution in [0.15, 0.2) is 29.0 Å². The van der Waals surface area contributed by atoms with Crippen LogP contribution in [0.25, 0.3) is 11.5 Å². The van der Waals surface area contributed by atoms with Crippen molar-refractivity contribution in [2.75, 3.05) is 13.1 Å². The molecule has 2 saturated carbocycles. The minimum Gasteiger partial charge on any atom is -0.335 e. The molecule has 2 aromatic heterocycles. The fourth-order valence-corrected chi connectivity index (χ4v) is 5.00. The van der Waals surface area contributed by atoms with E-state index in [1.807, 2.05) is 17.0 Å². The van der Waals surface area contributed by atoms with Crippen molar-refractivity contribution >= 4 is 6.03 Å². The fraction of sp³-hybridized carbons (Fsp3) is 0.636. The normalized spacial score (nSPS) is 25.3. The van der Waals surface area contributed by atoms with Crippen molar-refractivity contribution < 1.29 is 9.32 Å². The summed E-state index contributed by atoms with van der Waals surface area (Å²) >= 11 is 0. The maximum Gasteiger partial charge on any atom is 0.317 e. The molecule has 2 aromatic rings. The van der Waals surface area contributed by atoms with Crippen molar-refractivity contribution in [1.82, 2.24) is 25.3 Å². The highest BCUT2D eigenvalue weighted by atomic mass is 16.5. The van der Waals surface area contributed by atoms with Crippen LogP contribution in [0.2, 0.25) is 0 Å². The van der Waals surface area contributed by atoms with Gasteiger partial charge in [0.25, 0.3) is 5.89 Å². The molecule has 7 heteroatoms. The molecule has 3 fully saturated rings. The lowest BCUT2D eigenvalue weighted by Crippen LogP contribution is -2.53. The largest absolute Gasteiger partial charge is 0.335 e. The zero-order valence-corrected chi connectivity index (χ0v) is 16.8. The summed E-state index contributed by atoms with van der Waals surface area (Å²) in [5.41, 5.74) is 0.621. The molecule has 154 valence electrons. The number of nitrogens with zero attached hydrogens (tertiary/aromatic N) is 4. The molecule has 0 aromatic carbocycles. The van der Waals surface area contributed by atoms with Gasteiger partial charge < -0.3 is 14.7 Å². The highest BCUT2D eigenvalue weighted by Crippen LogP contribution is 2.46. The third-order valence-electron chi connectivity index (χ3n) is 6.73. The van der Waals surface area contributed by atoms with Gasteiger partial charge in [-0.25, -0.2) is 4.79 Å². The second-order valence-corrected chi connectivity index (χ2v) is 9.05. The van der Waals surface area contributed by atoms with Gasteiger partial charge in [-0.2, -0.15) is 4.98 Å². The first-order chi connectivity index (χ1) is 14.2. The lowest BCUT2D eigenvalue weighted by Gasteiger charge is -2.41. The molecule has 2 aliphatic carbocycles. The van der Waals surface area contributed by atoms with Gasteiger partial charge in [0.05, 0.1) is 11.0 Å². The van der Waals surface area contributed by atoms with Crippen molar-refractivity contribution in [3.8, 4) is 11.5 Å². The Bertz CT molecular complexity index is 844. The van der Waals surface area contributed by atoms with E-state index in [-0.39, 0.29) is 11.4 Å². The molecule has 3 heterocycles. The zero-order chi connectivity index (χ0) is 19.7. The van der Waals surface area contributed by atoms with E-state index in [9.17, 15) is 4.79 Å². The zero-order valence-electron chi connectivity index (χ0n) is 16.8. The van der Waals surface area contributed by atoms with Gasteiger partial charge in [0.1, 0.15) is 0 Å². The van der Waals surface area contributed by atoms with Crippen LogP contribution >= 0.6 is 0 Å². The molecule has 7 nitrogen and oxygen atoms in total. The summed E-state index contributed by atoms with van der Waals surface area (Å²) in [4.78, 5) is 23.9. The summed E-state index contributed by atoms with van der Waals surface area (Å²) in [6.45, 7) is 1.48. The molecule has 0 bridgehead atoms. The lowest BCUT2D eigenvalue weighted by atomic mass is 9.75. The maximum atomic E-state index is 12.9. The van der Waals surface area contributed by atoms with E-state index in [1.54, 1.807) is 12.4 Å². The highest BCUT2D eigenvalue weighted by molar-refractivity contribution is 5.75. The molecular formula is C22H29N5O2. The first kappa shape index (κ1) is 18.6. The SMILES string of the molecule is O=C(NC1CCCC1)N1CCCC(CC2CC2)(c2noc(-c3cccnc3)n2)C1. The van der Waals surface area contributed by atoms with Gasteiger partial charge in [-0.15, -0.1) is 0 Å². The van der Waals surface area contributed by atoms with Gasteiger partial charge in [-0.1, -0.05) is 30.8 Å². The summed E-state index contributed by atoms with van der Waals surface area (Å²) in [7, 11) is 0. The number of hydrogen-bond acceptors (Lipinski definition) is 5. The number of carbonyl (C=O) groups is 1. The van der Waals surface area contributed by atoms with Crippen LogP contribution in [0, 0.1) is 5.92 Å². The van der Waals surface area contributed by atoms with Crippen molar-refractivity contribution in [3.05, 3.63) is 30.4 Å². The monoisotopic (exact) mass is 395 g/mol. The number of carbonyl (C=O) groups excluding carboxylic acids is 1. The van der Waals surface area contributed by atoms with Gasteiger partial charge in [0, 0.05) is 31.5 Å². The molecule has 1 atom stereocenters. The van der Waals surface area contributed by atoms with Crippen molar-refractivity contribution in [1.29, 1.82) is 0 Å². The van der Waals surface area contributed by atoms with Crippen molar-refractivity contribution in [3.63, 3.8) is 0 Å². The molecule has 0 radical (unpaired) electrons. The van der Waals surface area contributed by atoms with Gasteiger partial charge in [0.15, 0.2) is 5.82 Å². The lowest BCUT2D eigenvalue weighted by molar-refractivity contribution is 0.132. The summed E-state index contributed by atoms with van der Waals surface area (Å²) in [6.07, 6.45) is 13.7. The smallest absolute Gasteiger partial charge is 0.317 e. The average molecular weight is 396 g/mol. The Hall–Kier alpha value is -2.44. The molecule has 1 aliphatic heterocycles. The maximum absolute atomic E-state index is 12.9. The van der Waals surface area contributed by atoms with E-state index >= 15 is 0 Å². The first-order valence-corrected chi connectivity index (χ1v) is 11.0. The first-order valence-electron chi connectivity index (χ1n) is 11.0. The topological polar surface area (TPSA) is 84.2 Å². The van der Waals surface area contributed by atoms with Gasteiger partial charge in [-0.05, 0) is 50.2 Å². The Morgan fingerprint density at radius 3 is 2.86 bits per heavy atom. The number of urea groups is 1. The van der Waals surface area contributed by atoms with Gasteiger partial charge >= 0.3 is 6.03 Å². The molecule has 5 rings (SSSR count). The predicted molar refractivity (Wildman–Crippen MR) is 108 cm³/mol. The quantitative estimate of drug-likeness (QED) is 0.829. The second kappa shape index (κ2) is 7.76. The van der Waals surface area contributed by atoms with Crippen LogP contribution < -0.4 is 5.32 Å². The van der Waals surface area contributed by atoms with Gasteiger partial charge in [0.2, 0.25) is 0 Å². The molecule has 1 N–H and O–H groups in total. The predicted octanol–water partition coefficient (Wildman–Crippen LogP) is 3.92.